The Balaban J connectivity index is 1.38. The summed E-state index contributed by atoms with van der Waals surface area (Å²) in [4.78, 5) is 25.7. The Morgan fingerprint density at radius 1 is 0.857 bits per heavy atom. The standard InChI is InChI=1S/C20H16N6O2/c27-18(13-26-24-19(22-25-26)15-8-2-1-3-9-15)21-23-20(28)17-12-6-10-14-7-4-5-11-16(14)17/h1-12H,13H2,(H,21,27)(H,23,28). The van der Waals surface area contributed by atoms with Crippen LogP contribution < -0.4 is 10.9 Å². The summed E-state index contributed by atoms with van der Waals surface area (Å²) in [6, 6.07) is 22.3. The molecule has 8 nitrogen and oxygen atoms in total. The number of benzene rings is 3. The van der Waals surface area contributed by atoms with Gasteiger partial charge in [-0.2, -0.15) is 4.80 Å². The van der Waals surface area contributed by atoms with Gasteiger partial charge in [0.2, 0.25) is 5.82 Å². The number of nitrogens with zero attached hydrogens (tertiary/aromatic N) is 4. The van der Waals surface area contributed by atoms with Crippen molar-refractivity contribution in [2.24, 2.45) is 0 Å². The molecule has 0 aliphatic heterocycles. The Morgan fingerprint density at radius 3 is 2.46 bits per heavy atom. The summed E-state index contributed by atoms with van der Waals surface area (Å²) >= 11 is 0. The van der Waals surface area contributed by atoms with Crippen molar-refractivity contribution in [3.63, 3.8) is 0 Å². The highest BCUT2D eigenvalue weighted by Gasteiger charge is 2.12. The summed E-state index contributed by atoms with van der Waals surface area (Å²) in [5.41, 5.74) is 6.08. The van der Waals surface area contributed by atoms with Gasteiger partial charge in [0.05, 0.1) is 0 Å². The van der Waals surface area contributed by atoms with Gasteiger partial charge in [0.15, 0.2) is 0 Å². The van der Waals surface area contributed by atoms with E-state index in [-0.39, 0.29) is 6.54 Å². The molecule has 0 saturated carbocycles. The average molecular weight is 372 g/mol. The van der Waals surface area contributed by atoms with Gasteiger partial charge in [-0.15, -0.1) is 10.2 Å². The first kappa shape index (κ1) is 17.3. The number of aromatic nitrogens is 4. The quantitative estimate of drug-likeness (QED) is 0.533. The van der Waals surface area contributed by atoms with Gasteiger partial charge in [0.1, 0.15) is 6.54 Å². The minimum absolute atomic E-state index is 0.171. The van der Waals surface area contributed by atoms with Crippen LogP contribution in [0.25, 0.3) is 22.2 Å². The molecule has 4 aromatic rings. The fraction of sp³-hybridized carbons (Fsp3) is 0.0500. The van der Waals surface area contributed by atoms with Crippen molar-refractivity contribution in [2.75, 3.05) is 0 Å². The van der Waals surface area contributed by atoms with Gasteiger partial charge in [-0.1, -0.05) is 66.7 Å². The van der Waals surface area contributed by atoms with Crippen molar-refractivity contribution in [3.05, 3.63) is 78.4 Å². The van der Waals surface area contributed by atoms with Crippen LogP contribution >= 0.6 is 0 Å². The van der Waals surface area contributed by atoms with E-state index in [2.05, 4.69) is 26.3 Å². The molecule has 0 fully saturated rings. The molecule has 0 radical (unpaired) electrons. The Hall–Kier alpha value is -4.07. The molecule has 0 bridgehead atoms. The van der Waals surface area contributed by atoms with Crippen LogP contribution in [0.5, 0.6) is 0 Å². The van der Waals surface area contributed by atoms with Crippen LogP contribution in [0.2, 0.25) is 0 Å². The number of hydrazine groups is 1. The SMILES string of the molecule is O=C(Cn1nnc(-c2ccccc2)n1)NNC(=O)c1cccc2ccccc12. The van der Waals surface area contributed by atoms with Crippen molar-refractivity contribution >= 4 is 22.6 Å². The Labute approximate surface area is 160 Å². The lowest BCUT2D eigenvalue weighted by Crippen LogP contribution is -2.43. The van der Waals surface area contributed by atoms with Crippen molar-refractivity contribution in [2.45, 2.75) is 6.54 Å². The molecular weight excluding hydrogens is 356 g/mol. The molecule has 8 heteroatoms. The zero-order valence-electron chi connectivity index (χ0n) is 14.7. The fourth-order valence-electron chi connectivity index (χ4n) is 2.80. The van der Waals surface area contributed by atoms with Gasteiger partial charge in [0, 0.05) is 11.1 Å². The van der Waals surface area contributed by atoms with E-state index >= 15 is 0 Å². The number of fused-ring (bicyclic) bond motifs is 1. The molecule has 4 rings (SSSR count). The normalized spacial score (nSPS) is 10.6. The number of amides is 2. The number of hydrogen-bond donors (Lipinski definition) is 2. The van der Waals surface area contributed by atoms with Crippen LogP contribution in [-0.4, -0.2) is 32.0 Å². The van der Waals surface area contributed by atoms with Crippen LogP contribution in [0.3, 0.4) is 0 Å². The van der Waals surface area contributed by atoms with Gasteiger partial charge in [-0.25, -0.2) is 0 Å². The third kappa shape index (κ3) is 3.70. The van der Waals surface area contributed by atoms with E-state index in [1.165, 1.54) is 4.80 Å². The molecule has 0 atom stereocenters. The first-order valence-corrected chi connectivity index (χ1v) is 8.61. The third-order valence-corrected chi connectivity index (χ3v) is 4.12. The van der Waals surface area contributed by atoms with Gasteiger partial charge < -0.3 is 0 Å². The molecule has 1 heterocycles. The summed E-state index contributed by atoms with van der Waals surface area (Å²) in [6.45, 7) is -0.171. The number of nitrogens with one attached hydrogen (secondary N) is 2. The maximum Gasteiger partial charge on any atom is 0.270 e. The van der Waals surface area contributed by atoms with E-state index in [1.807, 2.05) is 60.7 Å². The molecule has 0 unspecified atom stereocenters. The lowest BCUT2D eigenvalue weighted by atomic mass is 10.0. The van der Waals surface area contributed by atoms with Gasteiger partial charge in [0.25, 0.3) is 11.8 Å². The highest BCUT2D eigenvalue weighted by Crippen LogP contribution is 2.18. The third-order valence-electron chi connectivity index (χ3n) is 4.12. The number of carbonyl (C=O) groups excluding carboxylic acids is 2. The van der Waals surface area contributed by atoms with E-state index in [0.29, 0.717) is 11.4 Å². The van der Waals surface area contributed by atoms with Crippen molar-refractivity contribution < 1.29 is 9.59 Å². The fourth-order valence-corrected chi connectivity index (χ4v) is 2.80. The first-order valence-electron chi connectivity index (χ1n) is 8.61. The smallest absolute Gasteiger partial charge is 0.270 e. The molecule has 2 amide bonds. The molecule has 138 valence electrons. The van der Waals surface area contributed by atoms with E-state index < -0.39 is 11.8 Å². The number of hydrogen-bond acceptors (Lipinski definition) is 5. The summed E-state index contributed by atoms with van der Waals surface area (Å²) in [5.74, 6) is -0.444. The Morgan fingerprint density at radius 2 is 1.61 bits per heavy atom. The molecule has 0 saturated heterocycles. The Kier molecular flexibility index (Phi) is 4.75. The number of rotatable bonds is 4. The summed E-state index contributed by atoms with van der Waals surface area (Å²) in [5, 5.41) is 13.7. The van der Waals surface area contributed by atoms with Gasteiger partial charge >= 0.3 is 0 Å². The second-order valence-electron chi connectivity index (χ2n) is 6.04. The van der Waals surface area contributed by atoms with E-state index in [0.717, 1.165) is 16.3 Å². The first-order chi connectivity index (χ1) is 13.7. The molecule has 28 heavy (non-hydrogen) atoms. The highest BCUT2D eigenvalue weighted by atomic mass is 16.2. The van der Waals surface area contributed by atoms with E-state index in [4.69, 9.17) is 0 Å². The minimum atomic E-state index is -0.467. The number of tetrazole rings is 1. The lowest BCUT2D eigenvalue weighted by Gasteiger charge is -2.09. The van der Waals surface area contributed by atoms with Crippen LogP contribution in [0.4, 0.5) is 0 Å². The maximum absolute atomic E-state index is 12.4. The lowest BCUT2D eigenvalue weighted by molar-refractivity contribution is -0.122. The van der Waals surface area contributed by atoms with Crippen LogP contribution in [0, 0.1) is 0 Å². The second kappa shape index (κ2) is 7.67. The van der Waals surface area contributed by atoms with Crippen LogP contribution in [0.15, 0.2) is 72.8 Å². The molecular formula is C20H16N6O2. The Bertz CT molecular complexity index is 1130. The molecule has 0 aliphatic carbocycles. The van der Waals surface area contributed by atoms with Gasteiger partial charge in [-0.05, 0) is 22.1 Å². The number of carbonyl (C=O) groups is 2. The van der Waals surface area contributed by atoms with E-state index in [1.54, 1.807) is 12.1 Å². The minimum Gasteiger partial charge on any atom is -0.271 e. The zero-order chi connectivity index (χ0) is 19.3. The summed E-state index contributed by atoms with van der Waals surface area (Å²) < 4.78 is 0. The largest absolute Gasteiger partial charge is 0.271 e. The summed E-state index contributed by atoms with van der Waals surface area (Å²) in [6.07, 6.45) is 0. The molecule has 0 spiro atoms. The molecule has 0 aliphatic rings. The van der Waals surface area contributed by atoms with Crippen molar-refractivity contribution in [3.8, 4) is 11.4 Å². The monoisotopic (exact) mass is 372 g/mol. The molecule has 3 aromatic carbocycles. The van der Waals surface area contributed by atoms with Crippen LogP contribution in [0.1, 0.15) is 10.4 Å². The maximum atomic E-state index is 12.4. The highest BCUT2D eigenvalue weighted by molar-refractivity contribution is 6.07. The van der Waals surface area contributed by atoms with Crippen molar-refractivity contribution in [1.82, 2.24) is 31.1 Å². The topological polar surface area (TPSA) is 102 Å². The average Bonchev–Trinajstić information content (AvgIpc) is 3.20. The zero-order valence-corrected chi connectivity index (χ0v) is 14.7. The van der Waals surface area contributed by atoms with Gasteiger partial charge in [-0.3, -0.25) is 20.4 Å². The molecule has 1 aromatic heterocycles. The van der Waals surface area contributed by atoms with E-state index in [9.17, 15) is 9.59 Å². The summed E-state index contributed by atoms with van der Waals surface area (Å²) in [7, 11) is 0. The predicted molar refractivity (Wildman–Crippen MR) is 103 cm³/mol. The predicted octanol–water partition coefficient (Wildman–Crippen LogP) is 1.95. The molecule has 2 N–H and O–H groups in total. The second-order valence-corrected chi connectivity index (χ2v) is 6.04. The van der Waals surface area contributed by atoms with Crippen molar-refractivity contribution in [1.29, 1.82) is 0 Å². The van der Waals surface area contributed by atoms with Crippen LogP contribution in [-0.2, 0) is 11.3 Å².